The van der Waals surface area contributed by atoms with E-state index in [4.69, 9.17) is 0 Å². The van der Waals surface area contributed by atoms with E-state index in [-0.39, 0.29) is 5.41 Å². The lowest BCUT2D eigenvalue weighted by molar-refractivity contribution is 0.660. The molecule has 0 aromatic heterocycles. The number of benzene rings is 6. The second kappa shape index (κ2) is 14.2. The van der Waals surface area contributed by atoms with Crippen molar-refractivity contribution < 1.29 is 0 Å². The van der Waals surface area contributed by atoms with Crippen LogP contribution in [0.25, 0.3) is 23.3 Å². The van der Waals surface area contributed by atoms with Crippen LogP contribution in [0.5, 0.6) is 0 Å². The lowest BCUT2D eigenvalue weighted by Gasteiger charge is -2.28. The van der Waals surface area contributed by atoms with E-state index in [1.807, 2.05) is 25.1 Å². The number of rotatable bonds is 10. The zero-order valence-corrected chi connectivity index (χ0v) is 29.0. The SMILES string of the molecule is C=C/C=C(\C=C/C)N(c1ccccc1)c1ccc(/C=C/c2ccc3c(c2)C(C)(C)c2cc(N(c4ccccc4)c4ccccc4)ccc2-3)cc1. The number of nitrogens with zero attached hydrogens (tertiary/aromatic N) is 2. The van der Waals surface area contributed by atoms with Gasteiger partial charge in [-0.25, -0.2) is 0 Å². The molecule has 0 saturated heterocycles. The highest BCUT2D eigenvalue weighted by atomic mass is 15.1. The Hall–Kier alpha value is -6.12. The molecule has 50 heavy (non-hydrogen) atoms. The Labute approximate surface area is 297 Å². The van der Waals surface area contributed by atoms with Crippen molar-refractivity contribution in [2.45, 2.75) is 26.2 Å². The second-order valence-electron chi connectivity index (χ2n) is 13.1. The molecule has 0 aliphatic heterocycles. The van der Waals surface area contributed by atoms with Crippen molar-refractivity contribution in [2.24, 2.45) is 0 Å². The molecule has 0 fully saturated rings. The summed E-state index contributed by atoms with van der Waals surface area (Å²) in [6.45, 7) is 10.7. The molecule has 244 valence electrons. The number of para-hydroxylation sites is 3. The Morgan fingerprint density at radius 2 is 1.02 bits per heavy atom. The van der Waals surface area contributed by atoms with Gasteiger partial charge in [-0.3, -0.25) is 0 Å². The van der Waals surface area contributed by atoms with Crippen LogP contribution in [-0.2, 0) is 5.41 Å². The van der Waals surface area contributed by atoms with E-state index < -0.39 is 0 Å². The van der Waals surface area contributed by atoms with Crippen LogP contribution in [0.3, 0.4) is 0 Å². The molecule has 0 N–H and O–H groups in total. The first-order valence-corrected chi connectivity index (χ1v) is 17.3. The van der Waals surface area contributed by atoms with Gasteiger partial charge >= 0.3 is 0 Å². The zero-order chi connectivity index (χ0) is 34.5. The quantitative estimate of drug-likeness (QED) is 0.108. The molecule has 1 aliphatic rings. The molecule has 0 bridgehead atoms. The van der Waals surface area contributed by atoms with Crippen LogP contribution in [-0.4, -0.2) is 0 Å². The molecule has 2 nitrogen and oxygen atoms in total. The maximum absolute atomic E-state index is 3.95. The van der Waals surface area contributed by atoms with E-state index in [1.54, 1.807) is 0 Å². The van der Waals surface area contributed by atoms with Crippen LogP contribution in [0, 0.1) is 0 Å². The van der Waals surface area contributed by atoms with Crippen LogP contribution >= 0.6 is 0 Å². The summed E-state index contributed by atoms with van der Waals surface area (Å²) in [6, 6.07) is 54.3. The molecule has 6 aromatic rings. The van der Waals surface area contributed by atoms with Crippen molar-refractivity contribution >= 4 is 40.6 Å². The predicted molar refractivity (Wildman–Crippen MR) is 216 cm³/mol. The predicted octanol–water partition coefficient (Wildman–Crippen LogP) is 13.4. The molecule has 0 amide bonds. The molecule has 0 saturated carbocycles. The Kier molecular flexibility index (Phi) is 9.18. The lowest BCUT2D eigenvalue weighted by atomic mass is 9.81. The standard InChI is InChI=1S/C48H42N2/c1-5-16-38(17-6-2)49(39-18-10-7-11-19-39)42-29-26-36(27-30-42)24-25-37-28-32-44-45-33-31-43(35-47(45)48(3,4)46(44)34-37)50(40-20-12-8-13-21-40)41-22-14-9-15-23-41/h5-35H,1H2,2-4H3/b17-6-,25-24+,38-16+. The van der Waals surface area contributed by atoms with Crippen molar-refractivity contribution in [3.8, 4) is 11.1 Å². The molecule has 0 unspecified atom stereocenters. The summed E-state index contributed by atoms with van der Waals surface area (Å²) < 4.78 is 0. The average molecular weight is 647 g/mol. The largest absolute Gasteiger partial charge is 0.311 e. The first kappa shape index (κ1) is 32.4. The minimum Gasteiger partial charge on any atom is -0.311 e. The number of hydrogen-bond acceptors (Lipinski definition) is 2. The Morgan fingerprint density at radius 3 is 1.60 bits per heavy atom. The summed E-state index contributed by atoms with van der Waals surface area (Å²) in [5.41, 5.74) is 14.2. The van der Waals surface area contributed by atoms with E-state index in [9.17, 15) is 0 Å². The third-order valence-corrected chi connectivity index (χ3v) is 9.49. The molecular weight excluding hydrogens is 605 g/mol. The third-order valence-electron chi connectivity index (χ3n) is 9.49. The molecule has 2 heteroatoms. The van der Waals surface area contributed by atoms with Gasteiger partial charge in [-0.05, 0) is 113 Å². The number of anilines is 5. The Bertz CT molecular complexity index is 2150. The van der Waals surface area contributed by atoms with Crippen LogP contribution in [0.15, 0.2) is 188 Å². The van der Waals surface area contributed by atoms with Gasteiger partial charge in [0.2, 0.25) is 0 Å². The monoisotopic (exact) mass is 646 g/mol. The summed E-state index contributed by atoms with van der Waals surface area (Å²) >= 11 is 0. The summed E-state index contributed by atoms with van der Waals surface area (Å²) in [5, 5.41) is 0. The fourth-order valence-electron chi connectivity index (χ4n) is 7.03. The Morgan fingerprint density at radius 1 is 0.540 bits per heavy atom. The molecule has 1 aliphatic carbocycles. The average Bonchev–Trinajstić information content (AvgIpc) is 3.38. The zero-order valence-electron chi connectivity index (χ0n) is 29.0. The van der Waals surface area contributed by atoms with Crippen LogP contribution in [0.2, 0.25) is 0 Å². The highest BCUT2D eigenvalue weighted by Crippen LogP contribution is 2.51. The third kappa shape index (κ3) is 6.36. The number of allylic oxidation sites excluding steroid dienone is 4. The maximum Gasteiger partial charge on any atom is 0.0465 e. The maximum atomic E-state index is 3.95. The van der Waals surface area contributed by atoms with E-state index in [0.717, 1.165) is 39.7 Å². The highest BCUT2D eigenvalue weighted by Gasteiger charge is 2.36. The van der Waals surface area contributed by atoms with Crippen molar-refractivity contribution in [1.29, 1.82) is 0 Å². The highest BCUT2D eigenvalue weighted by molar-refractivity contribution is 5.87. The summed E-state index contributed by atoms with van der Waals surface area (Å²) in [5.74, 6) is 0. The van der Waals surface area contributed by atoms with Crippen LogP contribution in [0.1, 0.15) is 43.0 Å². The molecule has 0 radical (unpaired) electrons. The van der Waals surface area contributed by atoms with Gasteiger partial charge in [-0.15, -0.1) is 0 Å². The van der Waals surface area contributed by atoms with Gasteiger partial charge in [0.1, 0.15) is 0 Å². The molecule has 0 heterocycles. The first-order chi connectivity index (χ1) is 24.5. The minimum atomic E-state index is -0.143. The van der Waals surface area contributed by atoms with Gasteiger partial charge in [0.15, 0.2) is 0 Å². The van der Waals surface area contributed by atoms with Gasteiger partial charge in [-0.2, -0.15) is 0 Å². The summed E-state index contributed by atoms with van der Waals surface area (Å²) in [4.78, 5) is 4.59. The number of fused-ring (bicyclic) bond motifs is 3. The van der Waals surface area contributed by atoms with Crippen molar-refractivity contribution in [1.82, 2.24) is 0 Å². The smallest absolute Gasteiger partial charge is 0.0465 e. The van der Waals surface area contributed by atoms with Crippen LogP contribution in [0.4, 0.5) is 28.4 Å². The second-order valence-corrected chi connectivity index (χ2v) is 13.1. The van der Waals surface area contributed by atoms with Crippen LogP contribution < -0.4 is 9.80 Å². The van der Waals surface area contributed by atoms with E-state index >= 15 is 0 Å². The van der Waals surface area contributed by atoms with E-state index in [2.05, 4.69) is 200 Å². The fourth-order valence-corrected chi connectivity index (χ4v) is 7.03. The molecule has 7 rings (SSSR count). The van der Waals surface area contributed by atoms with Gasteiger partial charge in [0.25, 0.3) is 0 Å². The van der Waals surface area contributed by atoms with Gasteiger partial charge in [0.05, 0.1) is 0 Å². The van der Waals surface area contributed by atoms with Crippen molar-refractivity contribution in [3.63, 3.8) is 0 Å². The van der Waals surface area contributed by atoms with Gasteiger partial charge in [0, 0.05) is 39.5 Å². The Balaban J connectivity index is 1.17. The van der Waals surface area contributed by atoms with E-state index in [1.165, 1.54) is 27.8 Å². The fraction of sp³-hybridized carbons (Fsp3) is 0.0833. The van der Waals surface area contributed by atoms with Gasteiger partial charge < -0.3 is 9.80 Å². The number of hydrogen-bond donors (Lipinski definition) is 0. The minimum absolute atomic E-state index is 0.143. The van der Waals surface area contributed by atoms with Crippen molar-refractivity contribution in [3.05, 3.63) is 210 Å². The topological polar surface area (TPSA) is 6.48 Å². The molecule has 6 aromatic carbocycles. The summed E-state index contributed by atoms with van der Waals surface area (Å²) in [7, 11) is 0. The summed E-state index contributed by atoms with van der Waals surface area (Å²) in [6.07, 6.45) is 12.5. The lowest BCUT2D eigenvalue weighted by Crippen LogP contribution is -2.16. The van der Waals surface area contributed by atoms with Gasteiger partial charge in [-0.1, -0.05) is 136 Å². The normalized spacial score (nSPS) is 13.3. The molecular formula is C48H42N2. The molecule has 0 atom stereocenters. The van der Waals surface area contributed by atoms with Crippen molar-refractivity contribution in [2.75, 3.05) is 9.80 Å². The first-order valence-electron chi connectivity index (χ1n) is 17.3. The van der Waals surface area contributed by atoms with E-state index in [0.29, 0.717) is 0 Å². The molecule has 0 spiro atoms.